The molecule has 0 aromatic heterocycles. The van der Waals surface area contributed by atoms with Gasteiger partial charge < -0.3 is 30.6 Å². The first kappa shape index (κ1) is 22.4. The molecule has 0 spiro atoms. The normalized spacial score (nSPS) is 12.0. The summed E-state index contributed by atoms with van der Waals surface area (Å²) >= 11 is 0. The van der Waals surface area contributed by atoms with E-state index in [4.69, 9.17) is 0 Å². The molecule has 0 aliphatic rings. The molecular weight excluding hydrogens is 432 g/mol. The zero-order chi connectivity index (χ0) is 24.2. The maximum absolute atomic E-state index is 10.2. The molecule has 0 radical (unpaired) electrons. The van der Waals surface area contributed by atoms with Gasteiger partial charge in [-0.15, -0.1) is 0 Å². The molecule has 0 aliphatic carbocycles. The molecule has 6 nitrogen and oxygen atoms in total. The average Bonchev–Trinajstić information content (AvgIpc) is 2.77. The molecule has 6 heteroatoms. The fourth-order valence-electron chi connectivity index (χ4n) is 3.61. The molecule has 4 aromatic rings. The van der Waals surface area contributed by atoms with Crippen LogP contribution in [0.2, 0.25) is 0 Å². The lowest BCUT2D eigenvalue weighted by molar-refractivity contribution is 0.449. The summed E-state index contributed by atoms with van der Waals surface area (Å²) in [5.41, 5.74) is 3.48. The first-order valence-corrected chi connectivity index (χ1v) is 10.4. The maximum atomic E-state index is 10.2. The van der Waals surface area contributed by atoms with Gasteiger partial charge >= 0.3 is 0 Å². The summed E-state index contributed by atoms with van der Waals surface area (Å²) in [6, 6.07) is 21.3. The van der Waals surface area contributed by atoms with Crippen LogP contribution in [0.4, 0.5) is 0 Å². The third kappa shape index (κ3) is 5.31. The molecule has 0 unspecified atom stereocenters. The molecule has 4 rings (SSSR count). The predicted molar refractivity (Wildman–Crippen MR) is 131 cm³/mol. The molecule has 0 aliphatic heterocycles. The summed E-state index contributed by atoms with van der Waals surface area (Å²) in [5.74, 6) is -0.370. The SMILES string of the molecule is Oc1ccc(C=C(C(=Cc2ccc(O)cc2)c2cc(O)cc(O)c2)c2cc(O)cc(O)c2)cc1. The number of phenols is 6. The molecule has 0 fully saturated rings. The number of aromatic hydroxyl groups is 6. The molecule has 4 aromatic carbocycles. The Morgan fingerprint density at radius 2 is 0.676 bits per heavy atom. The fraction of sp³-hybridized carbons (Fsp3) is 0. The first-order valence-electron chi connectivity index (χ1n) is 10.4. The lowest BCUT2D eigenvalue weighted by atomic mass is 9.88. The number of benzene rings is 4. The Kier molecular flexibility index (Phi) is 6.14. The van der Waals surface area contributed by atoms with E-state index in [1.165, 1.54) is 60.7 Å². The van der Waals surface area contributed by atoms with Crippen molar-refractivity contribution in [3.8, 4) is 34.5 Å². The van der Waals surface area contributed by atoms with E-state index in [0.717, 1.165) is 11.1 Å². The van der Waals surface area contributed by atoms with E-state index in [1.54, 1.807) is 36.4 Å². The van der Waals surface area contributed by atoms with E-state index in [1.807, 2.05) is 0 Å². The summed E-state index contributed by atoms with van der Waals surface area (Å²) in [6.07, 6.45) is 3.59. The quantitative estimate of drug-likeness (QED) is 0.170. The van der Waals surface area contributed by atoms with Crippen LogP contribution >= 0.6 is 0 Å². The van der Waals surface area contributed by atoms with Crippen molar-refractivity contribution in [3.05, 3.63) is 107 Å². The van der Waals surface area contributed by atoms with Gasteiger partial charge in [-0.25, -0.2) is 0 Å². The average molecular weight is 454 g/mol. The lowest BCUT2D eigenvalue weighted by Gasteiger charge is -2.16. The van der Waals surface area contributed by atoms with E-state index in [0.29, 0.717) is 22.3 Å². The van der Waals surface area contributed by atoms with Gasteiger partial charge in [-0.05, 0) is 94.1 Å². The summed E-state index contributed by atoms with van der Waals surface area (Å²) in [6.45, 7) is 0. The topological polar surface area (TPSA) is 121 Å². The van der Waals surface area contributed by atoms with Gasteiger partial charge in [-0.2, -0.15) is 0 Å². The van der Waals surface area contributed by atoms with Gasteiger partial charge in [0, 0.05) is 12.1 Å². The van der Waals surface area contributed by atoms with Gasteiger partial charge in [0.05, 0.1) is 0 Å². The Bertz CT molecular complexity index is 1230. The molecule has 34 heavy (non-hydrogen) atoms. The van der Waals surface area contributed by atoms with Crippen molar-refractivity contribution >= 4 is 23.3 Å². The molecule has 0 amide bonds. The minimum Gasteiger partial charge on any atom is -0.508 e. The fourth-order valence-corrected chi connectivity index (χ4v) is 3.61. The zero-order valence-electron chi connectivity index (χ0n) is 17.9. The van der Waals surface area contributed by atoms with Crippen molar-refractivity contribution < 1.29 is 30.6 Å². The van der Waals surface area contributed by atoms with Gasteiger partial charge in [0.25, 0.3) is 0 Å². The Morgan fingerprint density at radius 3 is 0.971 bits per heavy atom. The van der Waals surface area contributed by atoms with E-state index in [-0.39, 0.29) is 34.5 Å². The minimum atomic E-state index is -0.144. The van der Waals surface area contributed by atoms with Crippen molar-refractivity contribution in [2.24, 2.45) is 0 Å². The highest BCUT2D eigenvalue weighted by Gasteiger charge is 2.15. The van der Waals surface area contributed by atoms with Crippen LogP contribution in [-0.4, -0.2) is 30.6 Å². The molecule has 0 heterocycles. The number of hydrogen-bond acceptors (Lipinski definition) is 6. The molecular formula is C28H22O6. The van der Waals surface area contributed by atoms with Crippen LogP contribution in [0.15, 0.2) is 84.9 Å². The third-order valence-corrected chi connectivity index (χ3v) is 5.13. The van der Waals surface area contributed by atoms with Crippen LogP contribution < -0.4 is 0 Å². The second kappa shape index (κ2) is 9.34. The van der Waals surface area contributed by atoms with E-state index in [9.17, 15) is 30.6 Å². The standard InChI is InChI=1S/C28H22O6/c29-21-5-1-17(2-6-21)9-27(19-11-23(31)15-24(32)12-19)28(10-18-3-7-22(30)8-4-18)20-13-25(33)16-26(34)14-20/h1-16,29-34H. The van der Waals surface area contributed by atoms with Crippen LogP contribution in [0.1, 0.15) is 22.3 Å². The highest BCUT2D eigenvalue weighted by Crippen LogP contribution is 2.39. The molecule has 0 bridgehead atoms. The van der Waals surface area contributed by atoms with E-state index < -0.39 is 0 Å². The highest BCUT2D eigenvalue weighted by atomic mass is 16.3. The minimum absolute atomic E-state index is 0.103. The van der Waals surface area contributed by atoms with Gasteiger partial charge in [-0.3, -0.25) is 0 Å². The highest BCUT2D eigenvalue weighted by molar-refractivity contribution is 6.16. The van der Waals surface area contributed by atoms with Gasteiger partial charge in [-0.1, -0.05) is 24.3 Å². The van der Waals surface area contributed by atoms with E-state index in [2.05, 4.69) is 0 Å². The van der Waals surface area contributed by atoms with Crippen LogP contribution in [-0.2, 0) is 0 Å². The van der Waals surface area contributed by atoms with Crippen molar-refractivity contribution in [2.75, 3.05) is 0 Å². The zero-order valence-corrected chi connectivity index (χ0v) is 17.9. The van der Waals surface area contributed by atoms with Gasteiger partial charge in [0.15, 0.2) is 0 Å². The predicted octanol–water partition coefficient (Wildman–Crippen LogP) is 5.70. The monoisotopic (exact) mass is 454 g/mol. The number of hydrogen-bond donors (Lipinski definition) is 6. The second-order valence-corrected chi connectivity index (χ2v) is 7.78. The first-order chi connectivity index (χ1) is 16.3. The Hall–Kier alpha value is -4.84. The van der Waals surface area contributed by atoms with Crippen molar-refractivity contribution in [2.45, 2.75) is 0 Å². The Morgan fingerprint density at radius 1 is 0.382 bits per heavy atom. The summed E-state index contributed by atoms with van der Waals surface area (Å²) in [7, 11) is 0. The van der Waals surface area contributed by atoms with Crippen LogP contribution in [0, 0.1) is 0 Å². The second-order valence-electron chi connectivity index (χ2n) is 7.78. The molecule has 170 valence electrons. The van der Waals surface area contributed by atoms with E-state index >= 15 is 0 Å². The Labute approximate surface area is 195 Å². The summed E-state index contributed by atoms with van der Waals surface area (Å²) < 4.78 is 0. The Balaban J connectivity index is 2.02. The lowest BCUT2D eigenvalue weighted by Crippen LogP contribution is -1.93. The summed E-state index contributed by atoms with van der Waals surface area (Å²) in [5, 5.41) is 60.0. The van der Waals surface area contributed by atoms with Crippen molar-refractivity contribution in [1.82, 2.24) is 0 Å². The van der Waals surface area contributed by atoms with Gasteiger partial charge in [0.1, 0.15) is 34.5 Å². The number of rotatable bonds is 5. The molecule has 0 saturated heterocycles. The molecule has 0 saturated carbocycles. The summed E-state index contributed by atoms with van der Waals surface area (Å²) in [4.78, 5) is 0. The van der Waals surface area contributed by atoms with Crippen LogP contribution in [0.3, 0.4) is 0 Å². The smallest absolute Gasteiger partial charge is 0.119 e. The van der Waals surface area contributed by atoms with Crippen LogP contribution in [0.5, 0.6) is 34.5 Å². The number of phenolic OH excluding ortho intramolecular Hbond substituents is 6. The number of allylic oxidation sites excluding steroid dienone is 2. The molecule has 6 N–H and O–H groups in total. The van der Waals surface area contributed by atoms with Crippen molar-refractivity contribution in [3.63, 3.8) is 0 Å². The largest absolute Gasteiger partial charge is 0.508 e. The van der Waals surface area contributed by atoms with Gasteiger partial charge in [0.2, 0.25) is 0 Å². The van der Waals surface area contributed by atoms with Crippen molar-refractivity contribution in [1.29, 1.82) is 0 Å². The third-order valence-electron chi connectivity index (χ3n) is 5.13. The molecule has 0 atom stereocenters. The maximum Gasteiger partial charge on any atom is 0.119 e. The van der Waals surface area contributed by atoms with Crippen LogP contribution in [0.25, 0.3) is 23.3 Å².